The molecule has 0 saturated heterocycles. The first kappa shape index (κ1) is 17.7. The van der Waals surface area contributed by atoms with Crippen LogP contribution in [0.4, 0.5) is 5.00 Å². The predicted molar refractivity (Wildman–Crippen MR) is 100 cm³/mol. The highest BCUT2D eigenvalue weighted by Crippen LogP contribution is 2.37. The molecule has 2 aromatic rings. The van der Waals surface area contributed by atoms with Crippen LogP contribution in [-0.4, -0.2) is 19.0 Å². The summed E-state index contributed by atoms with van der Waals surface area (Å²) in [6.45, 7) is 0. The van der Waals surface area contributed by atoms with Crippen molar-refractivity contribution in [3.63, 3.8) is 0 Å². The maximum atomic E-state index is 12.4. The number of rotatable bonds is 4. The number of aryl methyl sites for hydroxylation is 1. The number of nitrogens with one attached hydrogen (secondary N) is 1. The zero-order chi connectivity index (χ0) is 17.6. The summed E-state index contributed by atoms with van der Waals surface area (Å²) in [5.41, 5.74) is 2.59. The second kappa shape index (κ2) is 8.30. The van der Waals surface area contributed by atoms with Crippen molar-refractivity contribution in [3.8, 4) is 0 Å². The van der Waals surface area contributed by atoms with Crippen LogP contribution in [-0.2, 0) is 28.8 Å². The fourth-order valence-electron chi connectivity index (χ4n) is 3.28. The molecule has 0 saturated carbocycles. The van der Waals surface area contributed by atoms with Crippen molar-refractivity contribution in [1.29, 1.82) is 0 Å². The van der Waals surface area contributed by atoms with E-state index in [1.54, 1.807) is 0 Å². The van der Waals surface area contributed by atoms with Crippen LogP contribution < -0.4 is 5.32 Å². The Balaban J connectivity index is 1.85. The highest BCUT2D eigenvalue weighted by Gasteiger charge is 2.25. The summed E-state index contributed by atoms with van der Waals surface area (Å²) in [6, 6.07) is 9.61. The molecule has 1 aliphatic rings. The number of fused-ring (bicyclic) bond motifs is 1. The number of anilines is 1. The van der Waals surface area contributed by atoms with E-state index >= 15 is 0 Å². The Hall–Kier alpha value is -2.14. The molecular weight excluding hydrogens is 334 g/mol. The molecule has 1 aromatic heterocycles. The minimum Gasteiger partial charge on any atom is -0.465 e. The molecule has 0 fully saturated rings. The second-order valence-electron chi connectivity index (χ2n) is 6.32. The van der Waals surface area contributed by atoms with Crippen molar-refractivity contribution in [2.75, 3.05) is 12.4 Å². The topological polar surface area (TPSA) is 55.4 Å². The van der Waals surface area contributed by atoms with Crippen molar-refractivity contribution < 1.29 is 14.3 Å². The van der Waals surface area contributed by atoms with Crippen LogP contribution in [0.1, 0.15) is 52.0 Å². The van der Waals surface area contributed by atoms with Gasteiger partial charge in [-0.3, -0.25) is 4.79 Å². The Bertz CT molecular complexity index is 752. The molecule has 4 nitrogen and oxygen atoms in total. The lowest BCUT2D eigenvalue weighted by atomic mass is 9.96. The molecule has 0 unspecified atom stereocenters. The molecule has 0 radical (unpaired) electrons. The molecular formula is C20H23NO3S. The van der Waals surface area contributed by atoms with Gasteiger partial charge in [0.1, 0.15) is 5.00 Å². The van der Waals surface area contributed by atoms with E-state index in [1.165, 1.54) is 36.2 Å². The van der Waals surface area contributed by atoms with Crippen molar-refractivity contribution >= 4 is 28.2 Å². The van der Waals surface area contributed by atoms with Crippen molar-refractivity contribution in [2.45, 2.75) is 44.9 Å². The summed E-state index contributed by atoms with van der Waals surface area (Å²) >= 11 is 1.53. The SMILES string of the molecule is COC(=O)c1c(NC(=O)Cc2ccccc2)sc2c1CCCCCC2. The fourth-order valence-corrected chi connectivity index (χ4v) is 4.57. The van der Waals surface area contributed by atoms with Crippen LogP contribution in [0.25, 0.3) is 0 Å². The highest BCUT2D eigenvalue weighted by molar-refractivity contribution is 7.17. The summed E-state index contributed by atoms with van der Waals surface area (Å²) in [6.07, 6.45) is 6.76. The van der Waals surface area contributed by atoms with E-state index in [2.05, 4.69) is 5.32 Å². The van der Waals surface area contributed by atoms with Gasteiger partial charge in [-0.05, 0) is 36.8 Å². The van der Waals surface area contributed by atoms with Gasteiger partial charge in [-0.1, -0.05) is 43.2 Å². The molecule has 0 bridgehead atoms. The summed E-state index contributed by atoms with van der Waals surface area (Å²) in [4.78, 5) is 26.0. The Morgan fingerprint density at radius 3 is 2.52 bits per heavy atom. The lowest BCUT2D eigenvalue weighted by molar-refractivity contribution is -0.115. The quantitative estimate of drug-likeness (QED) is 0.827. The predicted octanol–water partition coefficient (Wildman–Crippen LogP) is 4.37. The van der Waals surface area contributed by atoms with Gasteiger partial charge in [0.2, 0.25) is 5.91 Å². The van der Waals surface area contributed by atoms with Gasteiger partial charge >= 0.3 is 5.97 Å². The van der Waals surface area contributed by atoms with Gasteiger partial charge in [-0.15, -0.1) is 11.3 Å². The van der Waals surface area contributed by atoms with E-state index in [1.807, 2.05) is 30.3 Å². The van der Waals surface area contributed by atoms with E-state index in [9.17, 15) is 9.59 Å². The van der Waals surface area contributed by atoms with Crippen LogP contribution in [0.2, 0.25) is 0 Å². The fraction of sp³-hybridized carbons (Fsp3) is 0.400. The molecule has 132 valence electrons. The molecule has 25 heavy (non-hydrogen) atoms. The number of amides is 1. The first-order valence-corrected chi connectivity index (χ1v) is 9.57. The Kier molecular flexibility index (Phi) is 5.87. The van der Waals surface area contributed by atoms with E-state index in [0.717, 1.165) is 36.8 Å². The molecule has 1 N–H and O–H groups in total. The third kappa shape index (κ3) is 4.28. The normalized spacial score (nSPS) is 14.1. The maximum absolute atomic E-state index is 12.4. The van der Waals surface area contributed by atoms with Gasteiger partial charge in [0.15, 0.2) is 0 Å². The minimum atomic E-state index is -0.354. The van der Waals surface area contributed by atoms with Crippen molar-refractivity contribution in [2.24, 2.45) is 0 Å². The molecule has 0 aliphatic heterocycles. The third-order valence-electron chi connectivity index (χ3n) is 4.52. The summed E-state index contributed by atoms with van der Waals surface area (Å²) in [7, 11) is 1.39. The van der Waals surface area contributed by atoms with E-state index in [4.69, 9.17) is 4.74 Å². The smallest absolute Gasteiger partial charge is 0.341 e. The number of carbonyl (C=O) groups is 2. The average molecular weight is 357 g/mol. The average Bonchev–Trinajstić information content (AvgIpc) is 2.91. The Morgan fingerprint density at radius 2 is 1.80 bits per heavy atom. The molecule has 1 heterocycles. The molecule has 0 atom stereocenters. The number of ether oxygens (including phenoxy) is 1. The first-order valence-electron chi connectivity index (χ1n) is 8.75. The standard InChI is InChI=1S/C20H23NO3S/c1-24-20(23)18-15-11-7-2-3-8-12-16(15)25-19(18)21-17(22)13-14-9-5-4-6-10-14/h4-6,9-10H,2-3,7-8,11-13H2,1H3,(H,21,22). The second-order valence-corrected chi connectivity index (χ2v) is 7.43. The minimum absolute atomic E-state index is 0.106. The van der Waals surface area contributed by atoms with E-state index in [-0.39, 0.29) is 11.9 Å². The molecule has 1 aliphatic carbocycles. The van der Waals surface area contributed by atoms with Crippen LogP contribution >= 0.6 is 11.3 Å². The molecule has 0 spiro atoms. The van der Waals surface area contributed by atoms with Crippen LogP contribution in [0, 0.1) is 0 Å². The van der Waals surface area contributed by atoms with Crippen LogP contribution in [0.15, 0.2) is 30.3 Å². The molecule has 1 amide bonds. The Morgan fingerprint density at radius 1 is 1.08 bits per heavy atom. The summed E-state index contributed by atoms with van der Waals surface area (Å²) in [5.74, 6) is -0.460. The van der Waals surface area contributed by atoms with Gasteiger partial charge < -0.3 is 10.1 Å². The molecule has 3 rings (SSSR count). The third-order valence-corrected chi connectivity index (χ3v) is 5.73. The Labute approximate surface area is 152 Å². The van der Waals surface area contributed by atoms with Gasteiger partial charge in [-0.25, -0.2) is 4.79 Å². The highest BCUT2D eigenvalue weighted by atomic mass is 32.1. The zero-order valence-corrected chi connectivity index (χ0v) is 15.3. The summed E-state index contributed by atoms with van der Waals surface area (Å²) in [5, 5.41) is 3.59. The van der Waals surface area contributed by atoms with Crippen LogP contribution in [0.5, 0.6) is 0 Å². The number of esters is 1. The number of hydrogen-bond acceptors (Lipinski definition) is 4. The molecule has 5 heteroatoms. The van der Waals surface area contributed by atoms with Crippen LogP contribution in [0.3, 0.4) is 0 Å². The number of thiophene rings is 1. The number of methoxy groups -OCH3 is 1. The maximum Gasteiger partial charge on any atom is 0.341 e. The monoisotopic (exact) mass is 357 g/mol. The van der Waals surface area contributed by atoms with E-state index in [0.29, 0.717) is 17.0 Å². The van der Waals surface area contributed by atoms with Crippen molar-refractivity contribution in [3.05, 3.63) is 51.9 Å². The van der Waals surface area contributed by atoms with Gasteiger partial charge in [0.05, 0.1) is 19.1 Å². The first-order chi connectivity index (χ1) is 12.2. The van der Waals surface area contributed by atoms with E-state index < -0.39 is 0 Å². The van der Waals surface area contributed by atoms with Gasteiger partial charge in [0.25, 0.3) is 0 Å². The number of benzene rings is 1. The van der Waals surface area contributed by atoms with Crippen molar-refractivity contribution in [1.82, 2.24) is 0 Å². The lowest BCUT2D eigenvalue weighted by Gasteiger charge is -2.11. The molecule has 1 aromatic carbocycles. The number of hydrogen-bond donors (Lipinski definition) is 1. The largest absolute Gasteiger partial charge is 0.465 e. The zero-order valence-electron chi connectivity index (χ0n) is 14.5. The lowest BCUT2D eigenvalue weighted by Crippen LogP contribution is -2.16. The summed E-state index contributed by atoms with van der Waals surface area (Å²) < 4.78 is 4.99. The van der Waals surface area contributed by atoms with Gasteiger partial charge in [-0.2, -0.15) is 0 Å². The van der Waals surface area contributed by atoms with Gasteiger partial charge in [0, 0.05) is 4.88 Å². The number of carbonyl (C=O) groups excluding carboxylic acids is 2.